The highest BCUT2D eigenvalue weighted by atomic mass is 32.1. The van der Waals surface area contributed by atoms with E-state index in [2.05, 4.69) is 10.6 Å². The number of carboxylic acid groups (broad SMARTS) is 1. The monoisotopic (exact) mass is 284 g/mol. The number of urea groups is 1. The number of amides is 2. The van der Waals surface area contributed by atoms with Crippen LogP contribution in [0.1, 0.15) is 29.2 Å². The molecule has 0 aliphatic heterocycles. The molecule has 1 aromatic heterocycles. The number of nitrogens with one attached hydrogen (secondary N) is 2. The van der Waals surface area contributed by atoms with Crippen molar-refractivity contribution >= 4 is 23.3 Å². The molecule has 1 rings (SSSR count). The Morgan fingerprint density at radius 3 is 2.42 bits per heavy atom. The number of hydrogen-bond acceptors (Lipinski definition) is 3. The lowest BCUT2D eigenvalue weighted by Crippen LogP contribution is -2.48. The Hall–Kier alpha value is -1.56. The molecule has 0 saturated heterocycles. The van der Waals surface area contributed by atoms with E-state index >= 15 is 0 Å². The van der Waals surface area contributed by atoms with Crippen LogP contribution < -0.4 is 10.6 Å². The SMILES string of the molecule is Cc1cc(CNC(=O)N[C@@H](C(=O)O)C(C)C)sc1C. The molecule has 0 fully saturated rings. The highest BCUT2D eigenvalue weighted by Crippen LogP contribution is 2.20. The fourth-order valence-corrected chi connectivity index (χ4v) is 2.60. The predicted octanol–water partition coefficient (Wildman–Crippen LogP) is 2.27. The maximum Gasteiger partial charge on any atom is 0.326 e. The topological polar surface area (TPSA) is 78.4 Å². The molecule has 0 spiro atoms. The number of aliphatic carboxylic acids is 1. The molecule has 5 nitrogen and oxygen atoms in total. The van der Waals surface area contributed by atoms with Crippen molar-refractivity contribution in [3.63, 3.8) is 0 Å². The van der Waals surface area contributed by atoms with Gasteiger partial charge in [-0.3, -0.25) is 0 Å². The Balaban J connectivity index is 2.49. The van der Waals surface area contributed by atoms with Gasteiger partial charge < -0.3 is 15.7 Å². The molecule has 6 heteroatoms. The number of aryl methyl sites for hydroxylation is 2. The van der Waals surface area contributed by atoms with Gasteiger partial charge in [0.25, 0.3) is 0 Å². The Bertz CT molecular complexity index is 449. The summed E-state index contributed by atoms with van der Waals surface area (Å²) in [5, 5.41) is 14.1. The third-order valence-corrected chi connectivity index (χ3v) is 4.01. The summed E-state index contributed by atoms with van der Waals surface area (Å²) in [7, 11) is 0. The van der Waals surface area contributed by atoms with Crippen molar-refractivity contribution in [2.75, 3.05) is 0 Å². The summed E-state index contributed by atoms with van der Waals surface area (Å²) in [4.78, 5) is 24.9. The fourth-order valence-electron chi connectivity index (χ4n) is 1.61. The molecule has 1 heterocycles. The van der Waals surface area contributed by atoms with E-state index in [0.717, 1.165) is 4.88 Å². The highest BCUT2D eigenvalue weighted by Gasteiger charge is 2.23. The molecule has 106 valence electrons. The molecule has 1 atom stereocenters. The maximum absolute atomic E-state index is 11.6. The van der Waals surface area contributed by atoms with E-state index in [4.69, 9.17) is 5.11 Å². The number of carbonyl (C=O) groups is 2. The zero-order chi connectivity index (χ0) is 14.6. The minimum atomic E-state index is -1.02. The summed E-state index contributed by atoms with van der Waals surface area (Å²) in [6, 6.07) is 0.703. The number of carbonyl (C=O) groups excluding carboxylic acids is 1. The van der Waals surface area contributed by atoms with Crippen LogP contribution in [0.4, 0.5) is 4.79 Å². The van der Waals surface area contributed by atoms with Crippen LogP contribution in [0.3, 0.4) is 0 Å². The van der Waals surface area contributed by atoms with Crippen molar-refractivity contribution in [3.05, 3.63) is 21.4 Å². The molecule has 0 aromatic carbocycles. The van der Waals surface area contributed by atoms with Gasteiger partial charge in [0.05, 0.1) is 6.54 Å². The molecule has 1 aromatic rings. The molecule has 3 N–H and O–H groups in total. The van der Waals surface area contributed by atoms with Gasteiger partial charge in [-0.25, -0.2) is 9.59 Å². The van der Waals surface area contributed by atoms with Gasteiger partial charge in [-0.05, 0) is 31.4 Å². The van der Waals surface area contributed by atoms with Gasteiger partial charge in [0.15, 0.2) is 0 Å². The lowest BCUT2D eigenvalue weighted by atomic mass is 10.1. The first-order chi connectivity index (χ1) is 8.81. The predicted molar refractivity (Wildman–Crippen MR) is 75.4 cm³/mol. The first-order valence-electron chi connectivity index (χ1n) is 6.14. The fraction of sp³-hybridized carbons (Fsp3) is 0.538. The second kappa shape index (κ2) is 6.56. The zero-order valence-corrected chi connectivity index (χ0v) is 12.4. The van der Waals surface area contributed by atoms with Crippen molar-refractivity contribution in [2.24, 2.45) is 5.92 Å². The second-order valence-corrected chi connectivity index (χ2v) is 6.18. The summed E-state index contributed by atoms with van der Waals surface area (Å²) >= 11 is 1.63. The second-order valence-electron chi connectivity index (χ2n) is 4.84. The van der Waals surface area contributed by atoms with Crippen LogP contribution in [-0.4, -0.2) is 23.1 Å². The van der Waals surface area contributed by atoms with E-state index < -0.39 is 18.0 Å². The van der Waals surface area contributed by atoms with E-state index in [9.17, 15) is 9.59 Å². The molecular formula is C13H20N2O3S. The normalized spacial score (nSPS) is 12.3. The van der Waals surface area contributed by atoms with Crippen LogP contribution in [0.5, 0.6) is 0 Å². The Labute approximate surface area is 117 Å². The largest absolute Gasteiger partial charge is 0.480 e. The molecule has 0 bridgehead atoms. The minimum Gasteiger partial charge on any atom is -0.480 e. The molecule has 0 unspecified atom stereocenters. The highest BCUT2D eigenvalue weighted by molar-refractivity contribution is 7.12. The van der Waals surface area contributed by atoms with Gasteiger partial charge in [0.2, 0.25) is 0 Å². The third kappa shape index (κ3) is 4.55. The van der Waals surface area contributed by atoms with Crippen molar-refractivity contribution in [2.45, 2.75) is 40.3 Å². The molecular weight excluding hydrogens is 264 g/mol. The standard InChI is InChI=1S/C13H20N2O3S/c1-7(2)11(12(16)17)15-13(18)14-6-10-5-8(3)9(4)19-10/h5,7,11H,6H2,1-4H3,(H,16,17)(H2,14,15,18)/t11-/m1/s1. The maximum atomic E-state index is 11.6. The van der Waals surface area contributed by atoms with Crippen molar-refractivity contribution in [1.82, 2.24) is 10.6 Å². The van der Waals surface area contributed by atoms with Gasteiger partial charge in [-0.1, -0.05) is 13.8 Å². The van der Waals surface area contributed by atoms with E-state index in [0.29, 0.717) is 6.54 Å². The summed E-state index contributed by atoms with van der Waals surface area (Å²) in [5.74, 6) is -1.18. The van der Waals surface area contributed by atoms with Gasteiger partial charge in [0.1, 0.15) is 6.04 Å². The number of hydrogen-bond donors (Lipinski definition) is 3. The average molecular weight is 284 g/mol. The molecule has 2 amide bonds. The first-order valence-corrected chi connectivity index (χ1v) is 6.96. The molecule has 0 radical (unpaired) electrons. The lowest BCUT2D eigenvalue weighted by Gasteiger charge is -2.18. The van der Waals surface area contributed by atoms with E-state index in [-0.39, 0.29) is 5.92 Å². The zero-order valence-electron chi connectivity index (χ0n) is 11.6. The number of thiophene rings is 1. The van der Waals surface area contributed by atoms with Crippen LogP contribution in [0.2, 0.25) is 0 Å². The Kier molecular flexibility index (Phi) is 5.35. The minimum absolute atomic E-state index is 0.158. The smallest absolute Gasteiger partial charge is 0.326 e. The Morgan fingerprint density at radius 1 is 1.37 bits per heavy atom. The van der Waals surface area contributed by atoms with Gasteiger partial charge >= 0.3 is 12.0 Å². The van der Waals surface area contributed by atoms with E-state index in [1.165, 1.54) is 10.4 Å². The summed E-state index contributed by atoms with van der Waals surface area (Å²) in [6.45, 7) is 7.98. The van der Waals surface area contributed by atoms with Gasteiger partial charge in [-0.2, -0.15) is 0 Å². The van der Waals surface area contributed by atoms with E-state index in [1.54, 1.807) is 25.2 Å². The number of carboxylic acids is 1. The quantitative estimate of drug-likeness (QED) is 0.776. The van der Waals surface area contributed by atoms with Gasteiger partial charge in [0, 0.05) is 9.75 Å². The average Bonchev–Trinajstić information content (AvgIpc) is 2.62. The molecule has 0 saturated carbocycles. The summed E-state index contributed by atoms with van der Waals surface area (Å²) in [5.41, 5.74) is 1.20. The van der Waals surface area contributed by atoms with Crippen LogP contribution >= 0.6 is 11.3 Å². The van der Waals surface area contributed by atoms with Crippen LogP contribution in [0.25, 0.3) is 0 Å². The van der Waals surface area contributed by atoms with Gasteiger partial charge in [-0.15, -0.1) is 11.3 Å². The van der Waals surface area contributed by atoms with Crippen molar-refractivity contribution in [3.8, 4) is 0 Å². The molecule has 19 heavy (non-hydrogen) atoms. The Morgan fingerprint density at radius 2 is 2.00 bits per heavy atom. The van der Waals surface area contributed by atoms with E-state index in [1.807, 2.05) is 19.9 Å². The van der Waals surface area contributed by atoms with Crippen molar-refractivity contribution in [1.29, 1.82) is 0 Å². The van der Waals surface area contributed by atoms with Crippen molar-refractivity contribution < 1.29 is 14.7 Å². The van der Waals surface area contributed by atoms with Crippen LogP contribution in [0, 0.1) is 19.8 Å². The van der Waals surface area contributed by atoms with Crippen LogP contribution in [0.15, 0.2) is 6.07 Å². The molecule has 0 aliphatic carbocycles. The first kappa shape index (κ1) is 15.5. The summed E-state index contributed by atoms with van der Waals surface area (Å²) < 4.78 is 0. The number of rotatable bonds is 5. The third-order valence-electron chi connectivity index (χ3n) is 2.86. The lowest BCUT2D eigenvalue weighted by molar-refractivity contribution is -0.140. The summed E-state index contributed by atoms with van der Waals surface area (Å²) in [6.07, 6.45) is 0. The molecule has 0 aliphatic rings. The van der Waals surface area contributed by atoms with Crippen LogP contribution in [-0.2, 0) is 11.3 Å².